The van der Waals surface area contributed by atoms with Crippen molar-refractivity contribution in [1.29, 1.82) is 0 Å². The van der Waals surface area contributed by atoms with Gasteiger partial charge in [-0.05, 0) is 24.0 Å². The highest BCUT2D eigenvalue weighted by molar-refractivity contribution is 8.00. The van der Waals surface area contributed by atoms with E-state index in [-0.39, 0.29) is 5.97 Å². The monoisotopic (exact) mass is 222 g/mol. The molecule has 3 heteroatoms. The summed E-state index contributed by atoms with van der Waals surface area (Å²) in [4.78, 5) is 11.0. The van der Waals surface area contributed by atoms with Gasteiger partial charge < -0.3 is 4.74 Å². The van der Waals surface area contributed by atoms with E-state index in [1.165, 1.54) is 18.2 Å². The van der Waals surface area contributed by atoms with Gasteiger partial charge in [-0.25, -0.2) is 0 Å². The Bertz CT molecular complexity index is 337. The van der Waals surface area contributed by atoms with Crippen LogP contribution in [0.15, 0.2) is 24.3 Å². The van der Waals surface area contributed by atoms with E-state index in [9.17, 15) is 4.79 Å². The number of ether oxygens (including phenoxy) is 1. The third-order valence-electron chi connectivity index (χ3n) is 2.68. The van der Waals surface area contributed by atoms with E-state index in [0.29, 0.717) is 11.0 Å². The minimum atomic E-state index is -0.129. The van der Waals surface area contributed by atoms with Crippen molar-refractivity contribution in [3.8, 4) is 0 Å². The maximum atomic E-state index is 11.0. The number of hydrogen-bond acceptors (Lipinski definition) is 3. The first-order chi connectivity index (χ1) is 7.29. The molecule has 0 fully saturated rings. The molecule has 1 aromatic carbocycles. The lowest BCUT2D eigenvalue weighted by molar-refractivity contribution is -0.137. The van der Waals surface area contributed by atoms with Crippen molar-refractivity contribution >= 4 is 17.7 Å². The fourth-order valence-electron chi connectivity index (χ4n) is 1.88. The number of carbonyl (C=O) groups is 1. The molecule has 1 aliphatic rings. The van der Waals surface area contributed by atoms with Crippen LogP contribution in [0.5, 0.6) is 0 Å². The SMILES string of the molecule is COC(=O)CSC1Cc2ccccc2C1. The summed E-state index contributed by atoms with van der Waals surface area (Å²) in [6.45, 7) is 0. The average molecular weight is 222 g/mol. The second kappa shape index (κ2) is 4.71. The Hall–Kier alpha value is -0.960. The van der Waals surface area contributed by atoms with Crippen LogP contribution in [-0.2, 0) is 22.4 Å². The number of thioether (sulfide) groups is 1. The van der Waals surface area contributed by atoms with Crippen LogP contribution in [0, 0.1) is 0 Å². The molecule has 0 saturated heterocycles. The fourth-order valence-corrected chi connectivity index (χ4v) is 2.97. The van der Waals surface area contributed by atoms with Gasteiger partial charge in [-0.1, -0.05) is 24.3 Å². The second-order valence-electron chi connectivity index (χ2n) is 3.69. The summed E-state index contributed by atoms with van der Waals surface area (Å²) in [6.07, 6.45) is 2.16. The van der Waals surface area contributed by atoms with Gasteiger partial charge in [-0.3, -0.25) is 4.79 Å². The quantitative estimate of drug-likeness (QED) is 0.732. The fraction of sp³-hybridized carbons (Fsp3) is 0.417. The predicted octanol–water partition coefficient (Wildman–Crippen LogP) is 2.06. The molecule has 15 heavy (non-hydrogen) atoms. The zero-order valence-electron chi connectivity index (χ0n) is 8.73. The average Bonchev–Trinajstić information content (AvgIpc) is 2.68. The zero-order valence-corrected chi connectivity index (χ0v) is 9.55. The van der Waals surface area contributed by atoms with Crippen LogP contribution in [-0.4, -0.2) is 24.1 Å². The Balaban J connectivity index is 1.88. The number of methoxy groups -OCH3 is 1. The van der Waals surface area contributed by atoms with Crippen molar-refractivity contribution in [3.63, 3.8) is 0 Å². The van der Waals surface area contributed by atoms with Crippen LogP contribution >= 0.6 is 11.8 Å². The van der Waals surface area contributed by atoms with Crippen LogP contribution in [0.25, 0.3) is 0 Å². The lowest BCUT2D eigenvalue weighted by Crippen LogP contribution is -2.09. The highest BCUT2D eigenvalue weighted by Gasteiger charge is 2.21. The van der Waals surface area contributed by atoms with E-state index in [0.717, 1.165) is 12.8 Å². The summed E-state index contributed by atoms with van der Waals surface area (Å²) in [6, 6.07) is 8.50. The molecule has 0 N–H and O–H groups in total. The van der Waals surface area contributed by atoms with Crippen molar-refractivity contribution in [3.05, 3.63) is 35.4 Å². The topological polar surface area (TPSA) is 26.3 Å². The molecular formula is C12H14O2S. The van der Waals surface area contributed by atoms with E-state index >= 15 is 0 Å². The molecule has 0 heterocycles. The third kappa shape index (κ3) is 2.53. The van der Waals surface area contributed by atoms with E-state index in [1.54, 1.807) is 11.8 Å². The van der Waals surface area contributed by atoms with Crippen molar-refractivity contribution < 1.29 is 9.53 Å². The highest BCUT2D eigenvalue weighted by Crippen LogP contribution is 2.29. The Kier molecular flexibility index (Phi) is 3.31. The third-order valence-corrected chi connectivity index (χ3v) is 3.89. The van der Waals surface area contributed by atoms with Crippen LogP contribution in [0.1, 0.15) is 11.1 Å². The normalized spacial score (nSPS) is 15.0. The second-order valence-corrected chi connectivity index (χ2v) is 4.97. The molecule has 0 spiro atoms. The maximum Gasteiger partial charge on any atom is 0.315 e. The van der Waals surface area contributed by atoms with Crippen molar-refractivity contribution in [1.82, 2.24) is 0 Å². The summed E-state index contributed by atoms with van der Waals surface area (Å²) >= 11 is 1.70. The first-order valence-corrected chi connectivity index (χ1v) is 6.09. The molecular weight excluding hydrogens is 208 g/mol. The molecule has 2 rings (SSSR count). The van der Waals surface area contributed by atoms with Crippen LogP contribution < -0.4 is 0 Å². The van der Waals surface area contributed by atoms with Crippen molar-refractivity contribution in [2.24, 2.45) is 0 Å². The van der Waals surface area contributed by atoms with Crippen molar-refractivity contribution in [2.45, 2.75) is 18.1 Å². The summed E-state index contributed by atoms with van der Waals surface area (Å²) in [5.74, 6) is 0.339. The summed E-state index contributed by atoms with van der Waals surface area (Å²) in [5, 5.41) is 0.543. The Morgan fingerprint density at radius 3 is 2.53 bits per heavy atom. The van der Waals surface area contributed by atoms with Crippen LogP contribution in [0.3, 0.4) is 0 Å². The Labute approximate surface area is 94.0 Å². The van der Waals surface area contributed by atoms with E-state index in [4.69, 9.17) is 0 Å². The van der Waals surface area contributed by atoms with Gasteiger partial charge in [0.2, 0.25) is 0 Å². The smallest absolute Gasteiger partial charge is 0.315 e. The van der Waals surface area contributed by atoms with Gasteiger partial charge >= 0.3 is 5.97 Å². The predicted molar refractivity (Wildman–Crippen MR) is 62.1 cm³/mol. The van der Waals surface area contributed by atoms with Gasteiger partial charge in [0.25, 0.3) is 0 Å². The first kappa shape index (κ1) is 10.6. The van der Waals surface area contributed by atoms with Gasteiger partial charge in [0.15, 0.2) is 0 Å². The number of carbonyl (C=O) groups excluding carboxylic acids is 1. The molecule has 0 atom stereocenters. The van der Waals surface area contributed by atoms with Gasteiger partial charge in [0.05, 0.1) is 12.9 Å². The zero-order chi connectivity index (χ0) is 10.7. The lowest BCUT2D eigenvalue weighted by atomic mass is 10.1. The lowest BCUT2D eigenvalue weighted by Gasteiger charge is -2.06. The van der Waals surface area contributed by atoms with Gasteiger partial charge in [-0.15, -0.1) is 11.8 Å². The molecule has 0 aromatic heterocycles. The molecule has 1 aromatic rings. The summed E-state index contributed by atoms with van der Waals surface area (Å²) < 4.78 is 4.63. The van der Waals surface area contributed by atoms with Crippen LogP contribution in [0.4, 0.5) is 0 Å². The Morgan fingerprint density at radius 2 is 2.00 bits per heavy atom. The Morgan fingerprint density at radius 1 is 1.40 bits per heavy atom. The van der Waals surface area contributed by atoms with E-state index in [1.807, 2.05) is 0 Å². The number of rotatable bonds is 3. The standard InChI is InChI=1S/C12H14O2S/c1-14-12(13)8-15-11-6-9-4-2-3-5-10(9)7-11/h2-5,11H,6-8H2,1H3. The number of fused-ring (bicyclic) bond motifs is 1. The maximum absolute atomic E-state index is 11.0. The number of benzene rings is 1. The van der Waals surface area contributed by atoms with Crippen LogP contribution in [0.2, 0.25) is 0 Å². The van der Waals surface area contributed by atoms with Gasteiger partial charge in [0, 0.05) is 5.25 Å². The molecule has 0 bridgehead atoms. The molecule has 0 saturated carbocycles. The minimum absolute atomic E-state index is 0.129. The summed E-state index contributed by atoms with van der Waals surface area (Å²) in [5.41, 5.74) is 2.86. The molecule has 0 amide bonds. The molecule has 80 valence electrons. The molecule has 0 aliphatic heterocycles. The number of esters is 1. The van der Waals surface area contributed by atoms with E-state index < -0.39 is 0 Å². The van der Waals surface area contributed by atoms with Crippen molar-refractivity contribution in [2.75, 3.05) is 12.9 Å². The van der Waals surface area contributed by atoms with Gasteiger partial charge in [0.1, 0.15) is 0 Å². The molecule has 0 unspecified atom stereocenters. The largest absolute Gasteiger partial charge is 0.468 e. The summed E-state index contributed by atoms with van der Waals surface area (Å²) in [7, 11) is 1.44. The highest BCUT2D eigenvalue weighted by atomic mass is 32.2. The molecule has 1 aliphatic carbocycles. The van der Waals surface area contributed by atoms with Gasteiger partial charge in [-0.2, -0.15) is 0 Å². The molecule has 0 radical (unpaired) electrons. The molecule has 2 nitrogen and oxygen atoms in total. The minimum Gasteiger partial charge on any atom is -0.468 e. The first-order valence-electron chi connectivity index (χ1n) is 5.05. The van der Waals surface area contributed by atoms with E-state index in [2.05, 4.69) is 29.0 Å². The number of hydrogen-bond donors (Lipinski definition) is 0.